The van der Waals surface area contributed by atoms with Crippen molar-refractivity contribution in [3.05, 3.63) is 29.6 Å². The van der Waals surface area contributed by atoms with Crippen LogP contribution < -0.4 is 4.90 Å². The van der Waals surface area contributed by atoms with Gasteiger partial charge in [-0.05, 0) is 41.8 Å². The summed E-state index contributed by atoms with van der Waals surface area (Å²) in [6.07, 6.45) is 0. The van der Waals surface area contributed by atoms with E-state index in [2.05, 4.69) is 46.5 Å². The Morgan fingerprint density at radius 1 is 1.04 bits per heavy atom. The first-order chi connectivity index (χ1) is 11.5. The maximum atomic E-state index is 9.10. The molecule has 1 aromatic carbocycles. The predicted molar refractivity (Wildman–Crippen MR) is 93.8 cm³/mol. The number of aliphatic carboxylic acids is 2. The summed E-state index contributed by atoms with van der Waals surface area (Å²) >= 11 is 1.88. The van der Waals surface area contributed by atoms with Crippen molar-refractivity contribution >= 4 is 39.0 Å². The molecule has 2 aliphatic heterocycles. The lowest BCUT2D eigenvalue weighted by molar-refractivity contribution is -0.159. The van der Waals surface area contributed by atoms with Crippen LogP contribution in [0.2, 0.25) is 0 Å². The van der Waals surface area contributed by atoms with Crippen LogP contribution in [0.3, 0.4) is 0 Å². The highest BCUT2D eigenvalue weighted by Gasteiger charge is 2.38. The van der Waals surface area contributed by atoms with Gasteiger partial charge in [-0.1, -0.05) is 12.1 Å². The van der Waals surface area contributed by atoms with Gasteiger partial charge in [-0.15, -0.1) is 11.3 Å². The second kappa shape index (κ2) is 6.78. The average molecular weight is 348 g/mol. The lowest BCUT2D eigenvalue weighted by Crippen LogP contribution is -2.26. The van der Waals surface area contributed by atoms with Crippen LogP contribution in [-0.4, -0.2) is 60.3 Å². The first-order valence-electron chi connectivity index (χ1n) is 7.81. The Morgan fingerprint density at radius 3 is 2.25 bits per heavy atom. The average Bonchev–Trinajstić information content (AvgIpc) is 3.20. The molecule has 4 rings (SSSR count). The molecule has 2 aromatic rings. The minimum atomic E-state index is -1.82. The fraction of sp³-hybridized carbons (Fsp3) is 0.412. The zero-order chi connectivity index (χ0) is 17.3. The number of carboxylic acids is 2. The summed E-state index contributed by atoms with van der Waals surface area (Å²) in [5.74, 6) is -1.89. The van der Waals surface area contributed by atoms with E-state index in [1.165, 1.54) is 42.0 Å². The maximum Gasteiger partial charge on any atom is 0.414 e. The molecule has 2 atom stereocenters. The quantitative estimate of drug-likeness (QED) is 0.768. The topological polar surface area (TPSA) is 81.1 Å². The van der Waals surface area contributed by atoms with E-state index in [4.69, 9.17) is 19.8 Å². The van der Waals surface area contributed by atoms with Gasteiger partial charge in [0.25, 0.3) is 0 Å². The lowest BCUT2D eigenvalue weighted by Gasteiger charge is -2.22. The van der Waals surface area contributed by atoms with E-state index >= 15 is 0 Å². The minimum absolute atomic E-state index is 0.880. The molecule has 0 saturated carbocycles. The van der Waals surface area contributed by atoms with Crippen molar-refractivity contribution in [1.82, 2.24) is 4.90 Å². The fourth-order valence-corrected chi connectivity index (χ4v) is 4.59. The number of nitrogens with zero attached hydrogens (tertiary/aromatic N) is 2. The summed E-state index contributed by atoms with van der Waals surface area (Å²) in [4.78, 5) is 23.3. The van der Waals surface area contributed by atoms with Crippen LogP contribution >= 0.6 is 11.3 Å². The number of rotatable bonds is 1. The molecule has 2 fully saturated rings. The number of hydrogen-bond acceptors (Lipinski definition) is 5. The molecule has 1 aromatic heterocycles. The molecule has 0 spiro atoms. The third-order valence-corrected chi connectivity index (χ3v) is 5.60. The number of likely N-dealkylation sites (tertiary alicyclic amines) is 1. The van der Waals surface area contributed by atoms with E-state index in [9.17, 15) is 0 Å². The molecule has 2 aliphatic rings. The summed E-state index contributed by atoms with van der Waals surface area (Å²) in [6.45, 7) is 5.04. The van der Waals surface area contributed by atoms with E-state index in [0.717, 1.165) is 11.8 Å². The molecular weight excluding hydrogens is 328 g/mol. The van der Waals surface area contributed by atoms with Gasteiger partial charge in [-0.2, -0.15) is 0 Å². The van der Waals surface area contributed by atoms with Crippen LogP contribution in [0, 0.1) is 11.8 Å². The lowest BCUT2D eigenvalue weighted by atomic mass is 10.0. The van der Waals surface area contributed by atoms with E-state index in [0.29, 0.717) is 0 Å². The molecule has 0 aliphatic carbocycles. The van der Waals surface area contributed by atoms with Gasteiger partial charge >= 0.3 is 11.9 Å². The van der Waals surface area contributed by atoms with Crippen molar-refractivity contribution in [1.29, 1.82) is 0 Å². The largest absolute Gasteiger partial charge is 0.473 e. The fourth-order valence-electron chi connectivity index (χ4n) is 3.65. The van der Waals surface area contributed by atoms with Gasteiger partial charge in [0.05, 0.1) is 10.4 Å². The zero-order valence-corrected chi connectivity index (χ0v) is 14.2. The SMILES string of the molecule is CN1CC2CN(c3cccc4ccsc34)CC2C1.O=C(O)C(=O)O. The number of carboxylic acid groups (broad SMARTS) is 2. The van der Waals surface area contributed by atoms with Gasteiger partial charge in [0, 0.05) is 26.2 Å². The monoisotopic (exact) mass is 348 g/mol. The van der Waals surface area contributed by atoms with E-state index < -0.39 is 11.9 Å². The summed E-state index contributed by atoms with van der Waals surface area (Å²) < 4.78 is 1.46. The molecule has 2 N–H and O–H groups in total. The third-order valence-electron chi connectivity index (χ3n) is 4.65. The van der Waals surface area contributed by atoms with Gasteiger partial charge in [-0.3, -0.25) is 0 Å². The van der Waals surface area contributed by atoms with Gasteiger partial charge in [0.15, 0.2) is 0 Å². The molecule has 6 nitrogen and oxygen atoms in total. The molecule has 0 bridgehead atoms. The Hall–Kier alpha value is -2.12. The van der Waals surface area contributed by atoms with Crippen molar-refractivity contribution in [3.63, 3.8) is 0 Å². The second-order valence-corrected chi connectivity index (χ2v) is 7.29. The number of fused-ring (bicyclic) bond motifs is 2. The molecule has 3 heterocycles. The Balaban J connectivity index is 0.000000246. The second-order valence-electron chi connectivity index (χ2n) is 6.37. The maximum absolute atomic E-state index is 9.10. The number of anilines is 1. The van der Waals surface area contributed by atoms with Crippen LogP contribution in [0.15, 0.2) is 29.6 Å². The molecular formula is C17H20N2O4S. The minimum Gasteiger partial charge on any atom is -0.473 e. The van der Waals surface area contributed by atoms with Crippen molar-refractivity contribution in [2.45, 2.75) is 0 Å². The van der Waals surface area contributed by atoms with E-state index in [-0.39, 0.29) is 0 Å². The third kappa shape index (κ3) is 3.37. The summed E-state index contributed by atoms with van der Waals surface area (Å²) in [5, 5.41) is 18.4. The highest BCUT2D eigenvalue weighted by molar-refractivity contribution is 7.17. The van der Waals surface area contributed by atoms with Crippen molar-refractivity contribution in [2.24, 2.45) is 11.8 Å². The normalized spacial score (nSPS) is 23.0. The Morgan fingerprint density at radius 2 is 1.67 bits per heavy atom. The number of hydrogen-bond donors (Lipinski definition) is 2. The van der Waals surface area contributed by atoms with Gasteiger partial charge in [0.2, 0.25) is 0 Å². The van der Waals surface area contributed by atoms with E-state index in [1.54, 1.807) is 0 Å². The summed E-state index contributed by atoms with van der Waals surface area (Å²) in [5.41, 5.74) is 1.46. The van der Waals surface area contributed by atoms with Gasteiger partial charge < -0.3 is 20.0 Å². The molecule has 0 radical (unpaired) electrons. The van der Waals surface area contributed by atoms with Crippen molar-refractivity contribution < 1.29 is 19.8 Å². The smallest absolute Gasteiger partial charge is 0.414 e. The Labute approximate surface area is 143 Å². The van der Waals surface area contributed by atoms with Crippen LogP contribution in [-0.2, 0) is 9.59 Å². The first kappa shape index (κ1) is 16.7. The molecule has 128 valence electrons. The Bertz CT molecular complexity index is 734. The van der Waals surface area contributed by atoms with Crippen LogP contribution in [0.25, 0.3) is 10.1 Å². The Kier molecular flexibility index (Phi) is 4.73. The first-order valence-corrected chi connectivity index (χ1v) is 8.69. The van der Waals surface area contributed by atoms with Crippen molar-refractivity contribution in [2.75, 3.05) is 38.1 Å². The molecule has 0 amide bonds. The highest BCUT2D eigenvalue weighted by Crippen LogP contribution is 2.38. The van der Waals surface area contributed by atoms with Crippen LogP contribution in [0.4, 0.5) is 5.69 Å². The molecule has 2 unspecified atom stereocenters. The van der Waals surface area contributed by atoms with Gasteiger partial charge in [-0.25, -0.2) is 9.59 Å². The summed E-state index contributed by atoms with van der Waals surface area (Å²) in [6, 6.07) is 8.95. The van der Waals surface area contributed by atoms with E-state index in [1.807, 2.05) is 11.3 Å². The molecule has 24 heavy (non-hydrogen) atoms. The van der Waals surface area contributed by atoms with Crippen LogP contribution in [0.1, 0.15) is 0 Å². The molecule has 7 heteroatoms. The van der Waals surface area contributed by atoms with Crippen molar-refractivity contribution in [3.8, 4) is 0 Å². The van der Waals surface area contributed by atoms with Gasteiger partial charge in [0.1, 0.15) is 0 Å². The standard InChI is InChI=1S/C15H18N2S.C2H2O4/c1-16-7-12-9-17(10-13(12)8-16)14-4-2-3-11-5-6-18-15(11)14;3-1(4)2(5)6/h2-6,12-13H,7-10H2,1H3;(H,3,4)(H,5,6). The summed E-state index contributed by atoms with van der Waals surface area (Å²) in [7, 11) is 2.25. The number of carbonyl (C=O) groups is 2. The van der Waals surface area contributed by atoms with Crippen LogP contribution in [0.5, 0.6) is 0 Å². The number of thiophene rings is 1. The molecule has 2 saturated heterocycles. The zero-order valence-electron chi connectivity index (χ0n) is 13.4. The number of benzene rings is 1. The predicted octanol–water partition coefficient (Wildman–Crippen LogP) is 2.05. The highest BCUT2D eigenvalue weighted by atomic mass is 32.1.